The second-order valence-corrected chi connectivity index (χ2v) is 7.21. The molecule has 0 fully saturated rings. The van der Waals surface area contributed by atoms with Gasteiger partial charge in [-0.2, -0.15) is 0 Å². The van der Waals surface area contributed by atoms with Crippen LogP contribution in [0.3, 0.4) is 0 Å². The predicted molar refractivity (Wildman–Crippen MR) is 124 cm³/mol. The molecule has 1 amide bonds. The molecule has 1 heterocycles. The molecule has 168 valence electrons. The monoisotopic (exact) mass is 457 g/mol. The highest BCUT2D eigenvalue weighted by Crippen LogP contribution is 2.29. The normalized spacial score (nSPS) is 10.5. The van der Waals surface area contributed by atoms with Gasteiger partial charge >= 0.3 is 0 Å². The van der Waals surface area contributed by atoms with Gasteiger partial charge in [-0.25, -0.2) is 9.37 Å². The van der Waals surface area contributed by atoms with Crippen LogP contribution in [0.1, 0.15) is 29.8 Å². The summed E-state index contributed by atoms with van der Waals surface area (Å²) in [7, 11) is 0. The Morgan fingerprint density at radius 1 is 1.06 bits per heavy atom. The highest BCUT2D eigenvalue weighted by atomic mass is 35.5. The fourth-order valence-corrected chi connectivity index (χ4v) is 3.25. The number of carbonyl (C=O) groups excluding carboxylic acids is 1. The molecule has 32 heavy (non-hydrogen) atoms. The van der Waals surface area contributed by atoms with Crippen molar-refractivity contribution in [3.05, 3.63) is 76.7 Å². The lowest BCUT2D eigenvalue weighted by Crippen LogP contribution is -2.26. The molecule has 3 aromatic rings. The maximum Gasteiger partial charge on any atom is 0.255 e. The van der Waals surface area contributed by atoms with Gasteiger partial charge in [-0.1, -0.05) is 17.7 Å². The molecule has 0 aliphatic heterocycles. The van der Waals surface area contributed by atoms with E-state index in [1.165, 1.54) is 18.2 Å². The number of benzene rings is 2. The second kappa shape index (κ2) is 11.3. The minimum absolute atomic E-state index is 0.0151. The third-order valence-electron chi connectivity index (χ3n) is 4.54. The van der Waals surface area contributed by atoms with Crippen LogP contribution in [0.4, 0.5) is 15.9 Å². The van der Waals surface area contributed by atoms with E-state index >= 15 is 0 Å². The van der Waals surface area contributed by atoms with E-state index < -0.39 is 5.82 Å². The van der Waals surface area contributed by atoms with Crippen molar-refractivity contribution in [1.82, 2.24) is 10.3 Å². The molecule has 0 spiro atoms. The van der Waals surface area contributed by atoms with Crippen molar-refractivity contribution in [2.75, 3.05) is 25.1 Å². The van der Waals surface area contributed by atoms with Crippen LogP contribution in [0.25, 0.3) is 0 Å². The molecule has 0 bridgehead atoms. The molecule has 0 radical (unpaired) electrons. The average molecular weight is 458 g/mol. The van der Waals surface area contributed by atoms with Crippen molar-refractivity contribution < 1.29 is 18.7 Å². The molecule has 0 aliphatic carbocycles. The Bertz CT molecular complexity index is 1080. The summed E-state index contributed by atoms with van der Waals surface area (Å²) in [5.41, 5.74) is 1.92. The van der Waals surface area contributed by atoms with E-state index in [1.807, 2.05) is 32.0 Å². The number of ether oxygens (including phenoxy) is 2. The number of amides is 1. The molecule has 1 aromatic heterocycles. The Balaban J connectivity index is 1.64. The molecule has 0 atom stereocenters. The van der Waals surface area contributed by atoms with Gasteiger partial charge in [-0.15, -0.1) is 0 Å². The van der Waals surface area contributed by atoms with Crippen molar-refractivity contribution >= 4 is 29.0 Å². The van der Waals surface area contributed by atoms with Crippen molar-refractivity contribution in [3.63, 3.8) is 0 Å². The van der Waals surface area contributed by atoms with Crippen LogP contribution in [-0.2, 0) is 6.42 Å². The number of nitrogens with one attached hydrogen (secondary N) is 2. The summed E-state index contributed by atoms with van der Waals surface area (Å²) in [5, 5.41) is 5.91. The number of pyridine rings is 1. The third kappa shape index (κ3) is 6.11. The summed E-state index contributed by atoms with van der Waals surface area (Å²) in [6.07, 6.45) is 2.19. The van der Waals surface area contributed by atoms with Gasteiger partial charge in [0.25, 0.3) is 5.91 Å². The SMILES string of the molecule is CCOc1ccc(CCNC(=O)c2cccnc2Nc2ccc(F)c(Cl)c2)cc1OCC. The maximum atomic E-state index is 13.4. The summed E-state index contributed by atoms with van der Waals surface area (Å²) in [5.74, 6) is 0.958. The fourth-order valence-electron chi connectivity index (χ4n) is 3.07. The van der Waals surface area contributed by atoms with Gasteiger partial charge in [-0.3, -0.25) is 4.79 Å². The first-order valence-electron chi connectivity index (χ1n) is 10.4. The van der Waals surface area contributed by atoms with E-state index in [0.29, 0.717) is 54.7 Å². The largest absolute Gasteiger partial charge is 0.490 e. The van der Waals surface area contributed by atoms with Gasteiger partial charge in [0.2, 0.25) is 0 Å². The first-order chi connectivity index (χ1) is 15.5. The lowest BCUT2D eigenvalue weighted by Gasteiger charge is -2.13. The number of nitrogens with zero attached hydrogens (tertiary/aromatic N) is 1. The highest BCUT2D eigenvalue weighted by molar-refractivity contribution is 6.31. The number of aromatic nitrogens is 1. The summed E-state index contributed by atoms with van der Waals surface area (Å²) < 4.78 is 24.6. The van der Waals surface area contributed by atoms with E-state index in [-0.39, 0.29) is 10.9 Å². The first-order valence-corrected chi connectivity index (χ1v) is 10.7. The van der Waals surface area contributed by atoms with E-state index in [0.717, 1.165) is 5.56 Å². The molecule has 2 N–H and O–H groups in total. The molecular formula is C24H25ClFN3O3. The molecule has 6 nitrogen and oxygen atoms in total. The van der Waals surface area contributed by atoms with E-state index in [2.05, 4.69) is 15.6 Å². The van der Waals surface area contributed by atoms with Gasteiger partial charge in [0.15, 0.2) is 11.5 Å². The summed E-state index contributed by atoms with van der Waals surface area (Å²) in [6, 6.07) is 13.3. The zero-order chi connectivity index (χ0) is 22.9. The Hall–Kier alpha value is -3.32. The molecule has 0 unspecified atom stereocenters. The molecular weight excluding hydrogens is 433 g/mol. The van der Waals surface area contributed by atoms with Crippen LogP contribution in [0, 0.1) is 5.82 Å². The van der Waals surface area contributed by atoms with E-state index in [1.54, 1.807) is 18.3 Å². The van der Waals surface area contributed by atoms with Crippen molar-refractivity contribution in [3.8, 4) is 11.5 Å². The first kappa shape index (κ1) is 23.3. The molecule has 8 heteroatoms. The quantitative estimate of drug-likeness (QED) is 0.427. The van der Waals surface area contributed by atoms with Crippen LogP contribution in [0.15, 0.2) is 54.7 Å². The van der Waals surface area contributed by atoms with Gasteiger partial charge in [0.05, 0.1) is 23.8 Å². The van der Waals surface area contributed by atoms with Crippen molar-refractivity contribution in [2.45, 2.75) is 20.3 Å². The molecule has 2 aromatic carbocycles. The Labute approximate surface area is 191 Å². The van der Waals surface area contributed by atoms with Gasteiger partial charge in [-0.05, 0) is 68.3 Å². The Morgan fingerprint density at radius 3 is 2.59 bits per heavy atom. The molecule has 0 saturated heterocycles. The fraction of sp³-hybridized carbons (Fsp3) is 0.250. The Morgan fingerprint density at radius 2 is 1.84 bits per heavy atom. The van der Waals surface area contributed by atoms with Gasteiger partial charge < -0.3 is 20.1 Å². The molecule has 0 saturated carbocycles. The predicted octanol–water partition coefficient (Wildman–Crippen LogP) is 5.39. The van der Waals surface area contributed by atoms with Crippen molar-refractivity contribution in [1.29, 1.82) is 0 Å². The molecule has 3 rings (SSSR count). The topological polar surface area (TPSA) is 72.5 Å². The number of carbonyl (C=O) groups is 1. The van der Waals surface area contributed by atoms with E-state index in [9.17, 15) is 9.18 Å². The highest BCUT2D eigenvalue weighted by Gasteiger charge is 2.13. The maximum absolute atomic E-state index is 13.4. The number of hydrogen-bond donors (Lipinski definition) is 2. The zero-order valence-corrected chi connectivity index (χ0v) is 18.7. The van der Waals surface area contributed by atoms with Crippen LogP contribution >= 0.6 is 11.6 Å². The van der Waals surface area contributed by atoms with Crippen LogP contribution in [0.5, 0.6) is 11.5 Å². The number of anilines is 2. The minimum Gasteiger partial charge on any atom is -0.490 e. The van der Waals surface area contributed by atoms with Crippen LogP contribution < -0.4 is 20.1 Å². The smallest absolute Gasteiger partial charge is 0.255 e. The Kier molecular flexibility index (Phi) is 8.27. The van der Waals surface area contributed by atoms with E-state index in [4.69, 9.17) is 21.1 Å². The number of hydrogen-bond acceptors (Lipinski definition) is 5. The second-order valence-electron chi connectivity index (χ2n) is 6.81. The average Bonchev–Trinajstić information content (AvgIpc) is 2.78. The van der Waals surface area contributed by atoms with Gasteiger partial charge in [0.1, 0.15) is 11.6 Å². The summed E-state index contributed by atoms with van der Waals surface area (Å²) in [6.45, 7) is 5.36. The van der Waals surface area contributed by atoms with Crippen LogP contribution in [0.2, 0.25) is 5.02 Å². The van der Waals surface area contributed by atoms with Gasteiger partial charge in [0, 0.05) is 18.4 Å². The summed E-state index contributed by atoms with van der Waals surface area (Å²) >= 11 is 5.84. The van der Waals surface area contributed by atoms with Crippen LogP contribution in [-0.4, -0.2) is 30.6 Å². The third-order valence-corrected chi connectivity index (χ3v) is 4.83. The van der Waals surface area contributed by atoms with Crippen molar-refractivity contribution in [2.24, 2.45) is 0 Å². The number of halogens is 2. The summed E-state index contributed by atoms with van der Waals surface area (Å²) in [4.78, 5) is 17.0. The number of rotatable bonds is 10. The molecule has 0 aliphatic rings. The minimum atomic E-state index is -0.516. The lowest BCUT2D eigenvalue weighted by molar-refractivity contribution is 0.0954. The zero-order valence-electron chi connectivity index (χ0n) is 18.0. The lowest BCUT2D eigenvalue weighted by atomic mass is 10.1. The standard InChI is InChI=1S/C24H25ClFN3O3/c1-3-31-21-10-7-16(14-22(21)32-4-2)11-13-28-24(30)18-6-5-12-27-23(18)29-17-8-9-20(26)19(25)15-17/h5-10,12,14-15H,3-4,11,13H2,1-2H3,(H,27,29)(H,28,30).